The average Bonchev–Trinajstić information content (AvgIpc) is 2.94. The summed E-state index contributed by atoms with van der Waals surface area (Å²) in [6.07, 6.45) is 0.319. The quantitative estimate of drug-likeness (QED) is 0.675. The molecule has 1 aliphatic rings. The summed E-state index contributed by atoms with van der Waals surface area (Å²) < 4.78 is 5.19. The van der Waals surface area contributed by atoms with Crippen molar-refractivity contribution in [3.63, 3.8) is 0 Å². The number of benzene rings is 2. The molecule has 0 aliphatic carbocycles. The molecule has 0 saturated carbocycles. The zero-order valence-electron chi connectivity index (χ0n) is 15.8. The molecule has 1 fully saturated rings. The van der Waals surface area contributed by atoms with Gasteiger partial charge in [-0.3, -0.25) is 14.5 Å². The van der Waals surface area contributed by atoms with Gasteiger partial charge in [-0.25, -0.2) is 4.79 Å². The van der Waals surface area contributed by atoms with Gasteiger partial charge in [0.05, 0.1) is 12.8 Å². The van der Waals surface area contributed by atoms with Crippen LogP contribution in [0, 0.1) is 0 Å². The number of ether oxygens (including phenoxy) is 1. The van der Waals surface area contributed by atoms with E-state index < -0.39 is 29.9 Å². The molecule has 7 nitrogen and oxygen atoms in total. The number of carbonyl (C=O) groups is 3. The summed E-state index contributed by atoms with van der Waals surface area (Å²) in [4.78, 5) is 39.0. The van der Waals surface area contributed by atoms with Crippen molar-refractivity contribution in [3.05, 3.63) is 58.1 Å². The minimum atomic E-state index is -1.24. The van der Waals surface area contributed by atoms with Gasteiger partial charge in [0.1, 0.15) is 17.8 Å². The molecular formula is C20H19Cl2N3O4. The Morgan fingerprint density at radius 2 is 1.79 bits per heavy atom. The van der Waals surface area contributed by atoms with Gasteiger partial charge in [0.2, 0.25) is 5.91 Å². The molecule has 1 heterocycles. The molecule has 1 unspecified atom stereocenters. The monoisotopic (exact) mass is 435 g/mol. The van der Waals surface area contributed by atoms with Crippen molar-refractivity contribution in [1.82, 2.24) is 10.2 Å². The molecule has 3 rings (SSSR count). The van der Waals surface area contributed by atoms with Crippen molar-refractivity contribution in [2.75, 3.05) is 19.0 Å². The summed E-state index contributed by atoms with van der Waals surface area (Å²) >= 11 is 11.9. The van der Waals surface area contributed by atoms with Gasteiger partial charge in [-0.15, -0.1) is 0 Å². The molecule has 0 spiro atoms. The highest BCUT2D eigenvalue weighted by Gasteiger charge is 2.51. The van der Waals surface area contributed by atoms with E-state index in [4.69, 9.17) is 27.9 Å². The topological polar surface area (TPSA) is 87.7 Å². The van der Waals surface area contributed by atoms with Crippen LogP contribution in [-0.4, -0.2) is 36.4 Å². The second-order valence-electron chi connectivity index (χ2n) is 6.48. The molecule has 29 heavy (non-hydrogen) atoms. The van der Waals surface area contributed by atoms with Gasteiger partial charge < -0.3 is 15.4 Å². The predicted octanol–water partition coefficient (Wildman–Crippen LogP) is 3.80. The molecule has 2 aromatic rings. The first-order valence-corrected chi connectivity index (χ1v) is 9.60. The van der Waals surface area contributed by atoms with E-state index in [-0.39, 0.29) is 0 Å². The van der Waals surface area contributed by atoms with E-state index in [0.29, 0.717) is 33.5 Å². The van der Waals surface area contributed by atoms with Crippen LogP contribution in [0.5, 0.6) is 5.75 Å². The minimum absolute atomic E-state index is 0.319. The van der Waals surface area contributed by atoms with Crippen LogP contribution in [0.4, 0.5) is 10.5 Å². The molecular weight excluding hydrogens is 417 g/mol. The van der Waals surface area contributed by atoms with Crippen LogP contribution in [0.1, 0.15) is 18.9 Å². The Bertz CT molecular complexity index is 965. The molecule has 152 valence electrons. The highest BCUT2D eigenvalue weighted by Crippen LogP contribution is 2.33. The fraction of sp³-hybridized carbons (Fsp3) is 0.250. The number of urea groups is 1. The smallest absolute Gasteiger partial charge is 0.325 e. The SMILES string of the molecule is CCC1(c2ccc(Cl)cc2)NC(=O)N(CC(=O)Nc2cc(Cl)ccc2OC)C1=O. The largest absolute Gasteiger partial charge is 0.495 e. The van der Waals surface area contributed by atoms with Gasteiger partial charge in [-0.05, 0) is 42.3 Å². The van der Waals surface area contributed by atoms with Gasteiger partial charge in [-0.1, -0.05) is 42.3 Å². The van der Waals surface area contributed by atoms with Crippen molar-refractivity contribution in [3.8, 4) is 5.75 Å². The zero-order valence-corrected chi connectivity index (χ0v) is 17.3. The second kappa shape index (κ2) is 8.31. The number of methoxy groups -OCH3 is 1. The lowest BCUT2D eigenvalue weighted by Gasteiger charge is -2.25. The lowest BCUT2D eigenvalue weighted by molar-refractivity contribution is -0.134. The first-order chi connectivity index (χ1) is 13.8. The van der Waals surface area contributed by atoms with Gasteiger partial charge in [0, 0.05) is 10.0 Å². The minimum Gasteiger partial charge on any atom is -0.495 e. The van der Waals surface area contributed by atoms with Gasteiger partial charge in [-0.2, -0.15) is 0 Å². The lowest BCUT2D eigenvalue weighted by atomic mass is 9.87. The van der Waals surface area contributed by atoms with Crippen molar-refractivity contribution in [1.29, 1.82) is 0 Å². The molecule has 4 amide bonds. The van der Waals surface area contributed by atoms with E-state index in [1.807, 2.05) is 0 Å². The second-order valence-corrected chi connectivity index (χ2v) is 7.35. The standard InChI is InChI=1S/C20H19Cl2N3O4/c1-3-20(12-4-6-13(21)7-5-12)18(27)25(19(28)24-20)11-17(26)23-15-10-14(22)8-9-16(15)29-2/h4-10H,3,11H2,1-2H3,(H,23,26)(H,24,28). The molecule has 0 radical (unpaired) electrons. The molecule has 1 atom stereocenters. The van der Waals surface area contributed by atoms with Crippen LogP contribution in [0.2, 0.25) is 10.0 Å². The number of halogens is 2. The van der Waals surface area contributed by atoms with Gasteiger partial charge >= 0.3 is 6.03 Å². The number of carbonyl (C=O) groups excluding carboxylic acids is 3. The summed E-state index contributed by atoms with van der Waals surface area (Å²) in [6, 6.07) is 10.8. The summed E-state index contributed by atoms with van der Waals surface area (Å²) in [5.41, 5.74) is -0.297. The molecule has 1 aliphatic heterocycles. The normalized spacial score (nSPS) is 18.6. The van der Waals surface area contributed by atoms with Crippen LogP contribution in [-0.2, 0) is 15.1 Å². The Morgan fingerprint density at radius 1 is 1.14 bits per heavy atom. The highest BCUT2D eigenvalue weighted by molar-refractivity contribution is 6.31. The lowest BCUT2D eigenvalue weighted by Crippen LogP contribution is -2.44. The van der Waals surface area contributed by atoms with Crippen LogP contribution in [0.25, 0.3) is 0 Å². The first kappa shape index (κ1) is 21.0. The molecule has 2 N–H and O–H groups in total. The number of nitrogens with zero attached hydrogens (tertiary/aromatic N) is 1. The fourth-order valence-electron chi connectivity index (χ4n) is 3.25. The van der Waals surface area contributed by atoms with E-state index >= 15 is 0 Å². The number of imide groups is 1. The van der Waals surface area contributed by atoms with Gasteiger partial charge in [0.25, 0.3) is 5.91 Å². The number of anilines is 1. The highest BCUT2D eigenvalue weighted by atomic mass is 35.5. The summed E-state index contributed by atoms with van der Waals surface area (Å²) in [7, 11) is 1.46. The number of nitrogens with one attached hydrogen (secondary N) is 2. The Morgan fingerprint density at radius 3 is 2.41 bits per heavy atom. The fourth-order valence-corrected chi connectivity index (χ4v) is 3.55. The zero-order chi connectivity index (χ0) is 21.2. The average molecular weight is 436 g/mol. The predicted molar refractivity (Wildman–Crippen MR) is 110 cm³/mol. The van der Waals surface area contributed by atoms with Crippen molar-refractivity contribution in [2.45, 2.75) is 18.9 Å². The van der Waals surface area contributed by atoms with Crippen molar-refractivity contribution < 1.29 is 19.1 Å². The van der Waals surface area contributed by atoms with Crippen LogP contribution < -0.4 is 15.4 Å². The van der Waals surface area contributed by atoms with Crippen LogP contribution in [0.3, 0.4) is 0 Å². The number of hydrogen-bond acceptors (Lipinski definition) is 4. The Hall–Kier alpha value is -2.77. The summed E-state index contributed by atoms with van der Waals surface area (Å²) in [6.45, 7) is 1.34. The van der Waals surface area contributed by atoms with E-state index in [2.05, 4.69) is 10.6 Å². The van der Waals surface area contributed by atoms with Crippen molar-refractivity contribution in [2.24, 2.45) is 0 Å². The Kier molecular flexibility index (Phi) is 6.00. The number of rotatable bonds is 6. The number of amides is 4. The van der Waals surface area contributed by atoms with E-state index in [1.165, 1.54) is 13.2 Å². The molecule has 0 bridgehead atoms. The van der Waals surface area contributed by atoms with Gasteiger partial charge in [0.15, 0.2) is 0 Å². The van der Waals surface area contributed by atoms with Crippen LogP contribution >= 0.6 is 23.2 Å². The maximum absolute atomic E-state index is 13.1. The van der Waals surface area contributed by atoms with E-state index in [0.717, 1.165) is 4.90 Å². The Balaban J connectivity index is 1.80. The Labute approximate surface area is 177 Å². The molecule has 2 aromatic carbocycles. The van der Waals surface area contributed by atoms with Crippen LogP contribution in [0.15, 0.2) is 42.5 Å². The maximum atomic E-state index is 13.1. The summed E-state index contributed by atoms with van der Waals surface area (Å²) in [5, 5.41) is 6.27. The molecule has 0 aromatic heterocycles. The number of hydrogen-bond donors (Lipinski definition) is 2. The van der Waals surface area contributed by atoms with E-state index in [9.17, 15) is 14.4 Å². The third-order valence-electron chi connectivity index (χ3n) is 4.78. The third kappa shape index (κ3) is 4.02. The summed E-state index contributed by atoms with van der Waals surface area (Å²) in [5.74, 6) is -0.651. The maximum Gasteiger partial charge on any atom is 0.325 e. The van der Waals surface area contributed by atoms with Crippen molar-refractivity contribution >= 4 is 46.7 Å². The first-order valence-electron chi connectivity index (χ1n) is 8.84. The molecule has 9 heteroatoms. The third-order valence-corrected chi connectivity index (χ3v) is 5.27. The van der Waals surface area contributed by atoms with E-state index in [1.54, 1.807) is 43.3 Å². The molecule has 1 saturated heterocycles.